The molecule has 0 amide bonds. The van der Waals surface area contributed by atoms with Crippen LogP contribution in [0.2, 0.25) is 0 Å². The molecule has 1 saturated carbocycles. The van der Waals surface area contributed by atoms with Crippen molar-refractivity contribution in [3.63, 3.8) is 0 Å². The fraction of sp³-hybridized carbons (Fsp3) is 0.391. The summed E-state index contributed by atoms with van der Waals surface area (Å²) in [7, 11) is 0. The Kier molecular flexibility index (Phi) is 4.84. The van der Waals surface area contributed by atoms with Gasteiger partial charge in [-0.05, 0) is 50.5 Å². The van der Waals surface area contributed by atoms with Crippen molar-refractivity contribution in [3.05, 3.63) is 64.8 Å². The molecular weight excluding hydrogens is 390 g/mol. The number of aromatic amines is 1. The molecule has 1 aromatic carbocycles. The summed E-state index contributed by atoms with van der Waals surface area (Å²) in [5, 5.41) is 17.4. The lowest BCUT2D eigenvalue weighted by Gasteiger charge is -2.24. The molecule has 160 valence electrons. The van der Waals surface area contributed by atoms with E-state index in [4.69, 9.17) is 5.10 Å². The molecule has 0 unspecified atom stereocenters. The van der Waals surface area contributed by atoms with Crippen LogP contribution in [0.1, 0.15) is 57.6 Å². The zero-order chi connectivity index (χ0) is 21.4. The second-order valence-corrected chi connectivity index (χ2v) is 8.73. The Bertz CT molecular complexity index is 1230. The van der Waals surface area contributed by atoms with Crippen LogP contribution in [0.25, 0.3) is 10.9 Å². The van der Waals surface area contributed by atoms with Gasteiger partial charge >= 0.3 is 0 Å². The van der Waals surface area contributed by atoms with E-state index in [0.717, 1.165) is 29.6 Å². The molecule has 0 aliphatic heterocycles. The third-order valence-corrected chi connectivity index (χ3v) is 6.32. The van der Waals surface area contributed by atoms with E-state index < -0.39 is 0 Å². The predicted octanol–water partition coefficient (Wildman–Crippen LogP) is 4.35. The average Bonchev–Trinajstić information content (AvgIpc) is 3.45. The fourth-order valence-corrected chi connectivity index (χ4v) is 4.51. The molecule has 1 aliphatic rings. The standard InChI is InChI=1S/C23H27N7O/c1-23(2,30-25-14-15-26-30)16-8-10-17(11-9-16)27-21-20-19(12-13-24-22(20)31)29(28-21)18-6-4-3-5-7-18/h8-15,18H,3-7H2,1-2H3,(H,24,31)(H,27,28). The molecule has 8 nitrogen and oxygen atoms in total. The maximum atomic E-state index is 12.6. The van der Waals surface area contributed by atoms with Gasteiger partial charge in [0.2, 0.25) is 0 Å². The first kappa shape index (κ1) is 19.5. The lowest BCUT2D eigenvalue weighted by molar-refractivity contribution is 0.338. The Labute approximate surface area is 180 Å². The molecule has 1 aliphatic carbocycles. The highest BCUT2D eigenvalue weighted by atomic mass is 16.1. The highest BCUT2D eigenvalue weighted by Gasteiger charge is 2.25. The normalized spacial score (nSPS) is 15.4. The van der Waals surface area contributed by atoms with Crippen LogP contribution >= 0.6 is 0 Å². The minimum absolute atomic E-state index is 0.121. The summed E-state index contributed by atoms with van der Waals surface area (Å²) >= 11 is 0. The molecule has 3 aromatic heterocycles. The summed E-state index contributed by atoms with van der Waals surface area (Å²) in [4.78, 5) is 17.1. The first-order valence-electron chi connectivity index (χ1n) is 10.9. The third-order valence-electron chi connectivity index (χ3n) is 6.32. The van der Waals surface area contributed by atoms with Crippen molar-refractivity contribution in [1.29, 1.82) is 0 Å². The van der Waals surface area contributed by atoms with Crippen molar-refractivity contribution in [3.8, 4) is 0 Å². The molecule has 5 rings (SSSR count). The van der Waals surface area contributed by atoms with Gasteiger partial charge in [0.05, 0.1) is 24.0 Å². The smallest absolute Gasteiger partial charge is 0.261 e. The summed E-state index contributed by atoms with van der Waals surface area (Å²) in [6.45, 7) is 4.16. The first-order chi connectivity index (χ1) is 15.0. The second-order valence-electron chi connectivity index (χ2n) is 8.73. The topological polar surface area (TPSA) is 93.4 Å². The first-order valence-corrected chi connectivity index (χ1v) is 10.9. The largest absolute Gasteiger partial charge is 0.338 e. The van der Waals surface area contributed by atoms with E-state index >= 15 is 0 Å². The number of rotatable bonds is 5. The van der Waals surface area contributed by atoms with E-state index in [2.05, 4.69) is 46.5 Å². The zero-order valence-corrected chi connectivity index (χ0v) is 17.9. The average molecular weight is 418 g/mol. The van der Waals surface area contributed by atoms with Gasteiger partial charge in [-0.1, -0.05) is 31.4 Å². The summed E-state index contributed by atoms with van der Waals surface area (Å²) in [6.07, 6.45) is 11.0. The van der Waals surface area contributed by atoms with Crippen molar-refractivity contribution in [1.82, 2.24) is 29.8 Å². The molecular formula is C23H27N7O. The number of anilines is 2. The molecule has 0 bridgehead atoms. The van der Waals surface area contributed by atoms with Crippen LogP contribution in [0.4, 0.5) is 11.5 Å². The summed E-state index contributed by atoms with van der Waals surface area (Å²) in [5.41, 5.74) is 2.37. The number of hydrogen-bond donors (Lipinski definition) is 2. The zero-order valence-electron chi connectivity index (χ0n) is 17.9. The number of pyridine rings is 1. The minimum Gasteiger partial charge on any atom is -0.338 e. The van der Waals surface area contributed by atoms with E-state index in [-0.39, 0.29) is 11.1 Å². The van der Waals surface area contributed by atoms with E-state index in [1.54, 1.807) is 23.4 Å². The third kappa shape index (κ3) is 3.52. The van der Waals surface area contributed by atoms with Crippen molar-refractivity contribution in [2.75, 3.05) is 5.32 Å². The Balaban J connectivity index is 1.47. The van der Waals surface area contributed by atoms with Gasteiger partial charge in [-0.25, -0.2) is 0 Å². The number of H-pyrrole nitrogens is 1. The Hall–Kier alpha value is -3.42. The van der Waals surface area contributed by atoms with Gasteiger partial charge in [-0.3, -0.25) is 9.48 Å². The van der Waals surface area contributed by atoms with Gasteiger partial charge in [0.1, 0.15) is 10.9 Å². The summed E-state index contributed by atoms with van der Waals surface area (Å²) in [5.74, 6) is 0.600. The quantitative estimate of drug-likeness (QED) is 0.504. The van der Waals surface area contributed by atoms with Crippen molar-refractivity contribution < 1.29 is 0 Å². The predicted molar refractivity (Wildman–Crippen MR) is 121 cm³/mol. The Morgan fingerprint density at radius 3 is 2.45 bits per heavy atom. The molecule has 0 spiro atoms. The van der Waals surface area contributed by atoms with Gasteiger partial charge in [0, 0.05) is 11.9 Å². The maximum absolute atomic E-state index is 12.6. The lowest BCUT2D eigenvalue weighted by atomic mass is 9.95. The minimum atomic E-state index is -0.367. The molecule has 0 atom stereocenters. The van der Waals surface area contributed by atoms with Gasteiger partial charge in [-0.2, -0.15) is 20.1 Å². The number of nitrogens with one attached hydrogen (secondary N) is 2. The molecule has 31 heavy (non-hydrogen) atoms. The summed E-state index contributed by atoms with van der Waals surface area (Å²) < 4.78 is 2.05. The number of hydrogen-bond acceptors (Lipinski definition) is 5. The molecule has 4 aromatic rings. The van der Waals surface area contributed by atoms with E-state index in [1.165, 1.54) is 19.3 Å². The molecule has 8 heteroatoms. The molecule has 3 heterocycles. The lowest BCUT2D eigenvalue weighted by Crippen LogP contribution is -2.29. The van der Waals surface area contributed by atoms with Gasteiger partial charge in [-0.15, -0.1) is 0 Å². The highest BCUT2D eigenvalue weighted by Crippen LogP contribution is 2.33. The van der Waals surface area contributed by atoms with Crippen LogP contribution in [-0.4, -0.2) is 29.8 Å². The van der Waals surface area contributed by atoms with Crippen LogP contribution in [0.15, 0.2) is 53.7 Å². The number of nitrogens with zero attached hydrogens (tertiary/aromatic N) is 5. The molecule has 1 fully saturated rings. The number of benzene rings is 1. The monoisotopic (exact) mass is 417 g/mol. The van der Waals surface area contributed by atoms with Crippen LogP contribution in [0.5, 0.6) is 0 Å². The maximum Gasteiger partial charge on any atom is 0.261 e. The molecule has 2 N–H and O–H groups in total. The van der Waals surface area contributed by atoms with Crippen molar-refractivity contribution in [2.45, 2.75) is 57.5 Å². The van der Waals surface area contributed by atoms with Crippen LogP contribution in [0.3, 0.4) is 0 Å². The number of fused-ring (bicyclic) bond motifs is 1. The Morgan fingerprint density at radius 2 is 1.74 bits per heavy atom. The SMILES string of the molecule is CC(C)(c1ccc(Nc2nn(C3CCCCC3)c3cc[nH]c(=O)c23)cc1)n1nccn1. The van der Waals surface area contributed by atoms with Gasteiger partial charge in [0.15, 0.2) is 5.82 Å². The highest BCUT2D eigenvalue weighted by molar-refractivity contribution is 5.91. The van der Waals surface area contributed by atoms with Gasteiger partial charge < -0.3 is 10.3 Å². The molecule has 0 saturated heterocycles. The molecule has 0 radical (unpaired) electrons. The van der Waals surface area contributed by atoms with Crippen LogP contribution < -0.4 is 10.9 Å². The number of aromatic nitrogens is 6. The second kappa shape index (κ2) is 7.68. The Morgan fingerprint density at radius 1 is 1.03 bits per heavy atom. The van der Waals surface area contributed by atoms with Crippen molar-refractivity contribution in [2.24, 2.45) is 0 Å². The van der Waals surface area contributed by atoms with Crippen LogP contribution in [-0.2, 0) is 5.54 Å². The van der Waals surface area contributed by atoms with Crippen LogP contribution in [0, 0.1) is 0 Å². The fourth-order valence-electron chi connectivity index (χ4n) is 4.51. The van der Waals surface area contributed by atoms with E-state index in [1.807, 2.05) is 22.9 Å². The van der Waals surface area contributed by atoms with Gasteiger partial charge in [0.25, 0.3) is 5.56 Å². The van der Waals surface area contributed by atoms with E-state index in [0.29, 0.717) is 17.2 Å². The van der Waals surface area contributed by atoms with E-state index in [9.17, 15) is 4.79 Å². The van der Waals surface area contributed by atoms with Crippen molar-refractivity contribution >= 4 is 22.4 Å². The summed E-state index contributed by atoms with van der Waals surface area (Å²) in [6, 6.07) is 10.4.